The molecule has 25 heavy (non-hydrogen) atoms. The molecule has 0 unspecified atom stereocenters. The molecule has 0 aliphatic carbocycles. The molecule has 5 nitrogen and oxygen atoms in total. The molecule has 0 amide bonds. The minimum Gasteiger partial charge on any atom is -0.369 e. The first-order valence-corrected chi connectivity index (χ1v) is 8.92. The molecule has 0 spiro atoms. The Morgan fingerprint density at radius 3 is 2.36 bits per heavy atom. The van der Waals surface area contributed by atoms with Crippen LogP contribution >= 0.6 is 0 Å². The van der Waals surface area contributed by atoms with Gasteiger partial charge in [-0.1, -0.05) is 0 Å². The Morgan fingerprint density at radius 1 is 1.00 bits per heavy atom. The molecule has 2 aliphatic heterocycles. The second kappa shape index (κ2) is 7.06. The van der Waals surface area contributed by atoms with Crippen LogP contribution < -0.4 is 4.90 Å². The third-order valence-electron chi connectivity index (χ3n) is 5.18. The molecule has 0 atom stereocenters. The predicted octanol–water partition coefficient (Wildman–Crippen LogP) is 1.93. The van der Waals surface area contributed by atoms with E-state index < -0.39 is 0 Å². The molecular formula is C19H24FN5. The number of rotatable bonds is 4. The Labute approximate surface area is 148 Å². The minimum atomic E-state index is -0.171. The van der Waals surface area contributed by atoms with Gasteiger partial charge >= 0.3 is 0 Å². The molecule has 0 saturated carbocycles. The number of piperazine rings is 1. The maximum absolute atomic E-state index is 13.0. The van der Waals surface area contributed by atoms with E-state index in [1.807, 2.05) is 31.5 Å². The van der Waals surface area contributed by atoms with Crippen LogP contribution in [-0.4, -0.2) is 65.1 Å². The van der Waals surface area contributed by atoms with Crippen LogP contribution in [0.2, 0.25) is 0 Å². The number of hydrogen-bond donors (Lipinski definition) is 0. The van der Waals surface area contributed by atoms with Crippen LogP contribution in [0.4, 0.5) is 10.1 Å². The second-order valence-electron chi connectivity index (χ2n) is 7.00. The number of aryl methyl sites for hydroxylation is 1. The van der Waals surface area contributed by atoms with E-state index in [0.717, 1.165) is 62.9 Å². The number of hydrogen-bond acceptors (Lipinski definition) is 5. The first-order valence-electron chi connectivity index (χ1n) is 8.92. The SMILES string of the molecule is Cc1cnc(CN2CC(N3CCN(c4ccc(F)cc4)CC3)C2)cn1. The van der Waals surface area contributed by atoms with Crippen LogP contribution in [0.3, 0.4) is 0 Å². The van der Waals surface area contributed by atoms with Crippen molar-refractivity contribution in [3.63, 3.8) is 0 Å². The molecule has 1 aromatic carbocycles. The maximum Gasteiger partial charge on any atom is 0.123 e. The van der Waals surface area contributed by atoms with Crippen molar-refractivity contribution in [1.29, 1.82) is 0 Å². The van der Waals surface area contributed by atoms with Crippen molar-refractivity contribution in [2.75, 3.05) is 44.2 Å². The summed E-state index contributed by atoms with van der Waals surface area (Å²) in [4.78, 5) is 16.1. The lowest BCUT2D eigenvalue weighted by Crippen LogP contribution is -2.62. The van der Waals surface area contributed by atoms with Crippen molar-refractivity contribution in [2.24, 2.45) is 0 Å². The van der Waals surface area contributed by atoms with Crippen molar-refractivity contribution >= 4 is 5.69 Å². The molecule has 2 aromatic rings. The van der Waals surface area contributed by atoms with Crippen LogP contribution in [-0.2, 0) is 6.54 Å². The van der Waals surface area contributed by atoms with Crippen LogP contribution in [0.5, 0.6) is 0 Å². The van der Waals surface area contributed by atoms with Gasteiger partial charge in [-0.3, -0.25) is 19.8 Å². The molecule has 2 fully saturated rings. The van der Waals surface area contributed by atoms with E-state index in [0.29, 0.717) is 6.04 Å². The summed E-state index contributed by atoms with van der Waals surface area (Å²) in [6.07, 6.45) is 3.71. The van der Waals surface area contributed by atoms with Crippen LogP contribution in [0.15, 0.2) is 36.7 Å². The zero-order valence-electron chi connectivity index (χ0n) is 14.6. The molecule has 1 aromatic heterocycles. The number of likely N-dealkylation sites (tertiary alicyclic amines) is 1. The summed E-state index contributed by atoms with van der Waals surface area (Å²) in [7, 11) is 0. The van der Waals surface area contributed by atoms with Gasteiger partial charge in [-0.2, -0.15) is 0 Å². The van der Waals surface area contributed by atoms with Gasteiger partial charge < -0.3 is 4.90 Å². The Hall–Kier alpha value is -2.05. The highest BCUT2D eigenvalue weighted by molar-refractivity contribution is 5.46. The van der Waals surface area contributed by atoms with E-state index in [1.54, 1.807) is 12.1 Å². The van der Waals surface area contributed by atoms with Crippen molar-refractivity contribution in [1.82, 2.24) is 19.8 Å². The summed E-state index contributed by atoms with van der Waals surface area (Å²) in [6, 6.07) is 7.48. The minimum absolute atomic E-state index is 0.171. The first-order chi connectivity index (χ1) is 12.2. The van der Waals surface area contributed by atoms with E-state index in [1.165, 1.54) is 0 Å². The maximum atomic E-state index is 13.0. The highest BCUT2D eigenvalue weighted by atomic mass is 19.1. The average molecular weight is 341 g/mol. The topological polar surface area (TPSA) is 35.5 Å². The van der Waals surface area contributed by atoms with Gasteiger partial charge in [0.25, 0.3) is 0 Å². The highest BCUT2D eigenvalue weighted by Gasteiger charge is 2.33. The van der Waals surface area contributed by atoms with E-state index in [9.17, 15) is 4.39 Å². The van der Waals surface area contributed by atoms with Crippen molar-refractivity contribution < 1.29 is 4.39 Å². The molecule has 0 radical (unpaired) electrons. The molecule has 0 N–H and O–H groups in total. The molecule has 132 valence electrons. The third kappa shape index (κ3) is 3.80. The summed E-state index contributed by atoms with van der Waals surface area (Å²) >= 11 is 0. The lowest BCUT2D eigenvalue weighted by molar-refractivity contribution is 0.0248. The molecule has 0 bridgehead atoms. The van der Waals surface area contributed by atoms with Gasteiger partial charge in [0.05, 0.1) is 11.4 Å². The zero-order valence-corrected chi connectivity index (χ0v) is 14.6. The summed E-state index contributed by atoms with van der Waals surface area (Å²) < 4.78 is 13.0. The molecule has 2 saturated heterocycles. The zero-order chi connectivity index (χ0) is 17.2. The average Bonchev–Trinajstić information content (AvgIpc) is 2.60. The number of aromatic nitrogens is 2. The molecular weight excluding hydrogens is 317 g/mol. The van der Waals surface area contributed by atoms with Crippen molar-refractivity contribution in [3.05, 3.63) is 53.9 Å². The predicted molar refractivity (Wildman–Crippen MR) is 96.0 cm³/mol. The van der Waals surface area contributed by atoms with Crippen LogP contribution in [0, 0.1) is 12.7 Å². The smallest absolute Gasteiger partial charge is 0.123 e. The van der Waals surface area contributed by atoms with Gasteiger partial charge in [0, 0.05) is 69.9 Å². The monoisotopic (exact) mass is 341 g/mol. The first kappa shape index (κ1) is 16.4. The van der Waals surface area contributed by atoms with Crippen molar-refractivity contribution in [2.45, 2.75) is 19.5 Å². The Kier molecular flexibility index (Phi) is 4.63. The standard InChI is InChI=1S/C19H24FN5/c1-15-10-22-17(11-21-15)12-23-13-19(14-23)25-8-6-24(7-9-25)18-4-2-16(20)3-5-18/h2-5,10-11,19H,6-9,12-14H2,1H3. The molecule has 3 heterocycles. The van der Waals surface area contributed by atoms with Gasteiger partial charge in [0.15, 0.2) is 0 Å². The molecule has 2 aliphatic rings. The number of anilines is 1. The summed E-state index contributed by atoms with van der Waals surface area (Å²) in [5.41, 5.74) is 3.13. The molecule has 6 heteroatoms. The van der Waals surface area contributed by atoms with E-state index in [2.05, 4.69) is 24.7 Å². The molecule has 4 rings (SSSR count). The van der Waals surface area contributed by atoms with Gasteiger partial charge in [0.1, 0.15) is 5.82 Å². The lowest BCUT2D eigenvalue weighted by atomic mass is 10.1. The van der Waals surface area contributed by atoms with E-state index >= 15 is 0 Å². The largest absolute Gasteiger partial charge is 0.369 e. The van der Waals surface area contributed by atoms with E-state index in [-0.39, 0.29) is 5.82 Å². The summed E-state index contributed by atoms with van der Waals surface area (Å²) in [5.74, 6) is -0.171. The fourth-order valence-electron chi connectivity index (χ4n) is 3.63. The third-order valence-corrected chi connectivity index (χ3v) is 5.18. The summed E-state index contributed by atoms with van der Waals surface area (Å²) in [5, 5.41) is 0. The Balaban J connectivity index is 1.23. The lowest BCUT2D eigenvalue weighted by Gasteiger charge is -2.48. The van der Waals surface area contributed by atoms with Gasteiger partial charge in [-0.15, -0.1) is 0 Å². The van der Waals surface area contributed by atoms with Crippen LogP contribution in [0.25, 0.3) is 0 Å². The number of halogens is 1. The van der Waals surface area contributed by atoms with Gasteiger partial charge in [0.2, 0.25) is 0 Å². The quantitative estimate of drug-likeness (QED) is 0.849. The Morgan fingerprint density at radius 2 is 1.72 bits per heavy atom. The fourth-order valence-corrected chi connectivity index (χ4v) is 3.63. The van der Waals surface area contributed by atoms with E-state index in [4.69, 9.17) is 0 Å². The van der Waals surface area contributed by atoms with Crippen LogP contribution in [0.1, 0.15) is 11.4 Å². The van der Waals surface area contributed by atoms with Gasteiger partial charge in [-0.05, 0) is 31.2 Å². The van der Waals surface area contributed by atoms with Crippen molar-refractivity contribution in [3.8, 4) is 0 Å². The fraction of sp³-hybridized carbons (Fsp3) is 0.474. The number of benzene rings is 1. The second-order valence-corrected chi connectivity index (χ2v) is 7.00. The Bertz CT molecular complexity index is 689. The highest BCUT2D eigenvalue weighted by Crippen LogP contribution is 2.21. The normalized spacial score (nSPS) is 19.8. The summed E-state index contributed by atoms with van der Waals surface area (Å²) in [6.45, 7) is 9.21. The number of nitrogens with zero attached hydrogens (tertiary/aromatic N) is 5. The van der Waals surface area contributed by atoms with Gasteiger partial charge in [-0.25, -0.2) is 4.39 Å².